The molecule has 0 spiro atoms. The Bertz CT molecular complexity index is 2350. The summed E-state index contributed by atoms with van der Waals surface area (Å²) in [5.74, 6) is -2.67. The zero-order chi connectivity index (χ0) is 49.3. The highest BCUT2D eigenvalue weighted by molar-refractivity contribution is 8.00. The Morgan fingerprint density at radius 3 is 1.50 bits per heavy atom. The lowest BCUT2D eigenvalue weighted by atomic mass is 9.84. The average Bonchev–Trinajstić information content (AvgIpc) is 3.29. The summed E-state index contributed by atoms with van der Waals surface area (Å²) in [5, 5.41) is 20.3. The number of benzene rings is 5. The van der Waals surface area contributed by atoms with Gasteiger partial charge in [-0.1, -0.05) is 121 Å². The predicted octanol–water partition coefficient (Wildman–Crippen LogP) is 9.52. The first-order valence-corrected chi connectivity index (χ1v) is 23.3. The second-order valence-corrected chi connectivity index (χ2v) is 19.2. The number of alkyl carbamates (subject to hydrolysis) is 2. The third-order valence-electron chi connectivity index (χ3n) is 10.2. The van der Waals surface area contributed by atoms with E-state index in [4.69, 9.17) is 14.2 Å². The number of thioether (sulfide) groups is 1. The maximum atomic E-state index is 14.5. The Morgan fingerprint density at radius 1 is 0.588 bits per heavy atom. The Balaban J connectivity index is 1.34. The predicted molar refractivity (Wildman–Crippen MR) is 263 cm³/mol. The van der Waals surface area contributed by atoms with Crippen molar-refractivity contribution in [3.63, 3.8) is 0 Å². The smallest absolute Gasteiger partial charge is 0.412 e. The molecule has 0 aliphatic rings. The molecular weight excluding hydrogens is 885 g/mol. The van der Waals surface area contributed by atoms with Crippen LogP contribution in [0.25, 0.3) is 0 Å². The molecular formula is C53H60N4O10S. The summed E-state index contributed by atoms with van der Waals surface area (Å²) in [6.45, 7) is 9.96. The molecule has 0 aromatic heterocycles. The Hall–Kier alpha value is -7.13. The summed E-state index contributed by atoms with van der Waals surface area (Å²) in [6.07, 6.45) is -2.98. The van der Waals surface area contributed by atoms with Crippen LogP contribution in [0.15, 0.2) is 146 Å². The first kappa shape index (κ1) is 51.8. The van der Waals surface area contributed by atoms with Gasteiger partial charge in [0.15, 0.2) is 5.78 Å². The van der Waals surface area contributed by atoms with Crippen molar-refractivity contribution in [3.05, 3.63) is 168 Å². The monoisotopic (exact) mass is 944 g/mol. The number of carbonyl (C=O) groups is 6. The van der Waals surface area contributed by atoms with Crippen LogP contribution in [0.3, 0.4) is 0 Å². The van der Waals surface area contributed by atoms with Gasteiger partial charge < -0.3 is 40.6 Å². The van der Waals surface area contributed by atoms with Crippen LogP contribution < -0.4 is 26.0 Å². The van der Waals surface area contributed by atoms with Gasteiger partial charge in [-0.3, -0.25) is 9.59 Å². The molecule has 358 valence electrons. The van der Waals surface area contributed by atoms with Crippen LogP contribution >= 0.6 is 11.8 Å². The van der Waals surface area contributed by atoms with E-state index in [-0.39, 0.29) is 43.2 Å². The number of hydrogen-bond donors (Lipinski definition) is 5. The van der Waals surface area contributed by atoms with E-state index in [1.165, 1.54) is 23.9 Å². The molecule has 68 heavy (non-hydrogen) atoms. The van der Waals surface area contributed by atoms with E-state index in [2.05, 4.69) is 57.7 Å². The standard InChI is InChI=1S/C53H60N4O10S/c1-51(2,3)66-49(63)56-43(31-32-54-48(62)65-42-29-27-36(28-30-42)33-44(47(60)61)57-50(64)67-52(4,5)6)45(58)34-37(46(59)55-41-25-17-10-18-26-41)35-68-53(38-19-11-7-12-20-38,39-21-13-8-14-22-39)40-23-15-9-16-24-40/h7-30,37,43-44H,31-35H2,1-6H3,(H,54,62)(H,55,59)(H,56,63)(H,57,64)(H,60,61)/t37-,43-,44-/m0/s1. The highest BCUT2D eigenvalue weighted by Gasteiger charge is 2.39. The summed E-state index contributed by atoms with van der Waals surface area (Å²) in [4.78, 5) is 79.2. The van der Waals surface area contributed by atoms with Gasteiger partial charge in [0.1, 0.15) is 23.0 Å². The molecule has 0 unspecified atom stereocenters. The van der Waals surface area contributed by atoms with Gasteiger partial charge in [-0.25, -0.2) is 19.2 Å². The summed E-state index contributed by atoms with van der Waals surface area (Å²) in [7, 11) is 0. The first-order chi connectivity index (χ1) is 32.3. The van der Waals surface area contributed by atoms with Crippen molar-refractivity contribution < 1.29 is 48.1 Å². The van der Waals surface area contributed by atoms with Gasteiger partial charge in [0.2, 0.25) is 5.91 Å². The number of carboxylic acid groups (broad SMARTS) is 1. The van der Waals surface area contributed by atoms with Gasteiger partial charge in [0.05, 0.1) is 16.7 Å². The molecule has 14 nitrogen and oxygen atoms in total. The van der Waals surface area contributed by atoms with Crippen molar-refractivity contribution in [2.45, 2.75) is 88.8 Å². The van der Waals surface area contributed by atoms with E-state index in [0.717, 1.165) is 16.7 Å². The van der Waals surface area contributed by atoms with Crippen molar-refractivity contribution in [3.8, 4) is 5.75 Å². The minimum Gasteiger partial charge on any atom is -0.480 e. The minimum absolute atomic E-state index is 0.0669. The maximum Gasteiger partial charge on any atom is 0.412 e. The number of ether oxygens (including phenoxy) is 3. The third kappa shape index (κ3) is 16.0. The number of carbonyl (C=O) groups excluding carboxylic acids is 5. The Labute approximate surface area is 401 Å². The zero-order valence-corrected chi connectivity index (χ0v) is 40.0. The first-order valence-electron chi connectivity index (χ1n) is 22.3. The molecule has 0 radical (unpaired) electrons. The molecule has 0 aliphatic carbocycles. The van der Waals surface area contributed by atoms with Crippen molar-refractivity contribution >= 4 is 53.4 Å². The lowest BCUT2D eigenvalue weighted by Gasteiger charge is -2.36. The van der Waals surface area contributed by atoms with Crippen LogP contribution in [-0.2, 0) is 35.0 Å². The fourth-order valence-corrected chi connectivity index (χ4v) is 8.81. The van der Waals surface area contributed by atoms with Crippen molar-refractivity contribution in [2.75, 3.05) is 17.6 Å². The van der Waals surface area contributed by atoms with E-state index in [9.17, 15) is 33.9 Å². The summed E-state index contributed by atoms with van der Waals surface area (Å²) in [5.41, 5.74) is 2.33. The van der Waals surface area contributed by atoms with E-state index < -0.39 is 64.0 Å². The molecule has 4 amide bonds. The lowest BCUT2D eigenvalue weighted by Crippen LogP contribution is -2.46. The molecule has 5 aromatic rings. The van der Waals surface area contributed by atoms with E-state index in [0.29, 0.717) is 11.3 Å². The van der Waals surface area contributed by atoms with Gasteiger partial charge >= 0.3 is 24.2 Å². The molecule has 0 bridgehead atoms. The molecule has 5 aromatic carbocycles. The number of para-hydroxylation sites is 1. The van der Waals surface area contributed by atoms with Crippen LogP contribution in [0.4, 0.5) is 20.1 Å². The van der Waals surface area contributed by atoms with Gasteiger partial charge in [-0.2, -0.15) is 0 Å². The van der Waals surface area contributed by atoms with Crippen molar-refractivity contribution in [2.24, 2.45) is 5.92 Å². The van der Waals surface area contributed by atoms with Gasteiger partial charge in [-0.15, -0.1) is 11.8 Å². The second kappa shape index (κ2) is 24.1. The molecule has 5 N–H and O–H groups in total. The number of Topliss-reactive ketones (excluding diaryl/α,β-unsaturated/α-hetero) is 1. The Morgan fingerprint density at radius 2 is 1.04 bits per heavy atom. The average molecular weight is 945 g/mol. The quantitative estimate of drug-likeness (QED) is 0.0466. The Kier molecular flexibility index (Phi) is 18.3. The number of rotatable bonds is 20. The minimum atomic E-state index is -1.27. The van der Waals surface area contributed by atoms with Gasteiger partial charge in [0, 0.05) is 30.8 Å². The molecule has 5 rings (SSSR count). The summed E-state index contributed by atoms with van der Waals surface area (Å²) >= 11 is 1.54. The van der Waals surface area contributed by atoms with E-state index in [1.807, 2.05) is 60.7 Å². The molecule has 0 heterocycles. The van der Waals surface area contributed by atoms with Gasteiger partial charge in [0.25, 0.3) is 0 Å². The number of hydrogen-bond acceptors (Lipinski definition) is 10. The summed E-state index contributed by atoms with van der Waals surface area (Å²) in [6, 6.07) is 42.6. The molecule has 3 atom stereocenters. The van der Waals surface area contributed by atoms with Crippen LogP contribution in [0, 0.1) is 5.92 Å². The second-order valence-electron chi connectivity index (χ2n) is 18.0. The normalized spacial score (nSPS) is 12.9. The molecule has 15 heteroatoms. The number of carboxylic acids is 1. The maximum absolute atomic E-state index is 14.5. The summed E-state index contributed by atoms with van der Waals surface area (Å²) < 4.78 is 15.4. The topological polar surface area (TPSA) is 198 Å². The number of nitrogens with one attached hydrogen (secondary N) is 4. The largest absolute Gasteiger partial charge is 0.480 e. The van der Waals surface area contributed by atoms with Crippen LogP contribution in [0.2, 0.25) is 0 Å². The number of amides is 4. The fraction of sp³-hybridized carbons (Fsp3) is 0.321. The number of ketones is 1. The van der Waals surface area contributed by atoms with Crippen molar-refractivity contribution in [1.82, 2.24) is 16.0 Å². The van der Waals surface area contributed by atoms with Crippen molar-refractivity contribution in [1.29, 1.82) is 0 Å². The molecule has 0 aliphatic heterocycles. The molecule has 0 saturated heterocycles. The SMILES string of the molecule is CC(C)(C)OC(=O)N[C@@H](Cc1ccc(OC(=O)NCC[C@H](NC(=O)OC(C)(C)C)C(=O)C[C@@H](CSC(c2ccccc2)(c2ccccc2)c2ccccc2)C(=O)Nc2ccccc2)cc1)C(=O)O. The van der Waals surface area contributed by atoms with Crippen LogP contribution in [-0.4, -0.2) is 76.6 Å². The van der Waals surface area contributed by atoms with Crippen LogP contribution in [0.1, 0.15) is 76.6 Å². The number of anilines is 1. The highest BCUT2D eigenvalue weighted by atomic mass is 32.2. The highest BCUT2D eigenvalue weighted by Crippen LogP contribution is 2.49. The zero-order valence-electron chi connectivity index (χ0n) is 39.2. The molecule has 0 fully saturated rings. The fourth-order valence-electron chi connectivity index (χ4n) is 7.18. The lowest BCUT2D eigenvalue weighted by molar-refractivity contribution is -0.139. The van der Waals surface area contributed by atoms with Crippen LogP contribution in [0.5, 0.6) is 5.75 Å². The van der Waals surface area contributed by atoms with Gasteiger partial charge in [-0.05, 0) is 94.5 Å². The molecule has 0 saturated carbocycles. The number of aliphatic carboxylic acids is 1. The van der Waals surface area contributed by atoms with E-state index >= 15 is 0 Å². The van der Waals surface area contributed by atoms with E-state index in [1.54, 1.807) is 77.9 Å². The third-order valence-corrected chi connectivity index (χ3v) is 12.0.